The normalized spacial score (nSPS) is 13.5. The van der Waals surface area contributed by atoms with Crippen LogP contribution in [-0.2, 0) is 4.74 Å². The molecule has 0 aliphatic heterocycles. The lowest BCUT2D eigenvalue weighted by molar-refractivity contribution is -0.174. The van der Waals surface area contributed by atoms with Gasteiger partial charge in [-0.25, -0.2) is 0 Å². The van der Waals surface area contributed by atoms with E-state index in [1.807, 2.05) is 38.1 Å². The third kappa shape index (κ3) is 7.34. The lowest BCUT2D eigenvalue weighted by Gasteiger charge is -2.18. The fourth-order valence-corrected chi connectivity index (χ4v) is 1.92. The maximum atomic E-state index is 12.0. The van der Waals surface area contributed by atoms with Gasteiger partial charge in [0.25, 0.3) is 0 Å². The van der Waals surface area contributed by atoms with Gasteiger partial charge >= 0.3 is 6.18 Å². The summed E-state index contributed by atoms with van der Waals surface area (Å²) >= 11 is 0. The number of benzene rings is 1. The van der Waals surface area contributed by atoms with Gasteiger partial charge in [-0.3, -0.25) is 0 Å². The predicted octanol–water partition coefficient (Wildman–Crippen LogP) is 3.70. The molecular formula is C15H22F3NO2. The molecule has 1 aromatic carbocycles. The van der Waals surface area contributed by atoms with Crippen LogP contribution in [0.4, 0.5) is 13.2 Å². The van der Waals surface area contributed by atoms with Gasteiger partial charge in [-0.2, -0.15) is 13.2 Å². The smallest absolute Gasteiger partial charge is 0.411 e. The van der Waals surface area contributed by atoms with E-state index in [2.05, 4.69) is 10.1 Å². The molecule has 1 N–H and O–H groups in total. The number of alkyl halides is 3. The van der Waals surface area contributed by atoms with E-state index in [0.29, 0.717) is 6.42 Å². The molecule has 3 nitrogen and oxygen atoms in total. The topological polar surface area (TPSA) is 30.5 Å². The van der Waals surface area contributed by atoms with Gasteiger partial charge in [0, 0.05) is 12.6 Å². The van der Waals surface area contributed by atoms with E-state index in [-0.39, 0.29) is 18.8 Å². The molecule has 0 heterocycles. The van der Waals surface area contributed by atoms with Crippen LogP contribution < -0.4 is 10.1 Å². The Labute approximate surface area is 123 Å². The first-order valence-electron chi connectivity index (χ1n) is 6.90. The highest BCUT2D eigenvalue weighted by atomic mass is 19.4. The highest BCUT2D eigenvalue weighted by molar-refractivity contribution is 5.29. The van der Waals surface area contributed by atoms with Gasteiger partial charge in [0.2, 0.25) is 0 Å². The minimum Gasteiger partial charge on any atom is -0.491 e. The molecule has 0 radical (unpaired) electrons. The standard InChI is InChI=1S/C15H22F3NO2/c1-11(2)21-13-6-4-12(5-7-13)14(19-3)8-9-20-10-15(16,17)18/h4-7,11,14,19H,8-10H2,1-3H3. The van der Waals surface area contributed by atoms with Crippen LogP contribution in [0.5, 0.6) is 5.75 Å². The molecule has 0 aromatic heterocycles. The molecule has 21 heavy (non-hydrogen) atoms. The van der Waals surface area contributed by atoms with Gasteiger partial charge in [-0.15, -0.1) is 0 Å². The number of nitrogens with one attached hydrogen (secondary N) is 1. The lowest BCUT2D eigenvalue weighted by Crippen LogP contribution is -2.21. The third-order valence-electron chi connectivity index (χ3n) is 2.82. The average molecular weight is 305 g/mol. The van der Waals surface area contributed by atoms with Crippen LogP contribution in [-0.4, -0.2) is 32.5 Å². The molecule has 0 spiro atoms. The highest BCUT2D eigenvalue weighted by Crippen LogP contribution is 2.21. The second kappa shape index (κ2) is 8.24. The zero-order chi connectivity index (χ0) is 15.9. The Bertz CT molecular complexity index is 404. The number of ether oxygens (including phenoxy) is 2. The van der Waals surface area contributed by atoms with Crippen molar-refractivity contribution in [2.24, 2.45) is 0 Å². The first kappa shape index (κ1) is 17.8. The summed E-state index contributed by atoms with van der Waals surface area (Å²) in [5.74, 6) is 0.775. The van der Waals surface area contributed by atoms with Crippen molar-refractivity contribution in [2.75, 3.05) is 20.3 Å². The summed E-state index contributed by atoms with van der Waals surface area (Å²) in [6.07, 6.45) is -3.70. The molecule has 0 saturated carbocycles. The minimum absolute atomic E-state index is 0.0497. The number of hydrogen-bond donors (Lipinski definition) is 1. The predicted molar refractivity (Wildman–Crippen MR) is 75.5 cm³/mol. The zero-order valence-corrected chi connectivity index (χ0v) is 12.5. The molecule has 0 fully saturated rings. The molecule has 0 saturated heterocycles. The molecule has 0 aliphatic carbocycles. The summed E-state index contributed by atoms with van der Waals surface area (Å²) in [7, 11) is 1.77. The number of rotatable bonds is 8. The van der Waals surface area contributed by atoms with Crippen molar-refractivity contribution in [2.45, 2.75) is 38.6 Å². The van der Waals surface area contributed by atoms with Crippen molar-refractivity contribution in [3.8, 4) is 5.75 Å². The fourth-order valence-electron chi connectivity index (χ4n) is 1.92. The molecule has 1 aromatic rings. The average Bonchev–Trinajstić information content (AvgIpc) is 2.38. The first-order valence-corrected chi connectivity index (χ1v) is 6.90. The van der Waals surface area contributed by atoms with Crippen LogP contribution in [0.15, 0.2) is 24.3 Å². The maximum absolute atomic E-state index is 12.0. The Kier molecular flexibility index (Phi) is 6.98. The van der Waals surface area contributed by atoms with Crippen molar-refractivity contribution in [1.82, 2.24) is 5.32 Å². The summed E-state index contributed by atoms with van der Waals surface area (Å²) in [5, 5.41) is 3.07. The van der Waals surface area contributed by atoms with Crippen LogP contribution in [0, 0.1) is 0 Å². The lowest BCUT2D eigenvalue weighted by atomic mass is 10.0. The number of halogens is 3. The van der Waals surface area contributed by atoms with Gasteiger partial charge in [-0.05, 0) is 45.0 Å². The highest BCUT2D eigenvalue weighted by Gasteiger charge is 2.27. The second-order valence-corrected chi connectivity index (χ2v) is 5.03. The van der Waals surface area contributed by atoms with Crippen LogP contribution >= 0.6 is 0 Å². The largest absolute Gasteiger partial charge is 0.491 e. The van der Waals surface area contributed by atoms with Crippen molar-refractivity contribution in [1.29, 1.82) is 0 Å². The van der Waals surface area contributed by atoms with Gasteiger partial charge in [0.05, 0.1) is 6.10 Å². The minimum atomic E-state index is -4.27. The van der Waals surface area contributed by atoms with E-state index in [9.17, 15) is 13.2 Å². The van der Waals surface area contributed by atoms with Crippen LogP contribution in [0.3, 0.4) is 0 Å². The van der Waals surface area contributed by atoms with Crippen molar-refractivity contribution in [3.63, 3.8) is 0 Å². The van der Waals surface area contributed by atoms with Gasteiger partial charge in [-0.1, -0.05) is 12.1 Å². The Morgan fingerprint density at radius 1 is 1.14 bits per heavy atom. The molecule has 1 unspecified atom stereocenters. The van der Waals surface area contributed by atoms with Crippen molar-refractivity contribution < 1.29 is 22.6 Å². The Morgan fingerprint density at radius 2 is 1.76 bits per heavy atom. The van der Waals surface area contributed by atoms with Crippen LogP contribution in [0.2, 0.25) is 0 Å². The SMILES string of the molecule is CNC(CCOCC(F)(F)F)c1ccc(OC(C)C)cc1. The summed E-state index contributed by atoms with van der Waals surface area (Å²) in [6, 6.07) is 7.48. The van der Waals surface area contributed by atoms with E-state index in [1.54, 1.807) is 7.05 Å². The van der Waals surface area contributed by atoms with E-state index < -0.39 is 12.8 Å². The molecule has 0 bridgehead atoms. The third-order valence-corrected chi connectivity index (χ3v) is 2.82. The van der Waals surface area contributed by atoms with E-state index in [0.717, 1.165) is 11.3 Å². The number of hydrogen-bond acceptors (Lipinski definition) is 3. The summed E-state index contributed by atoms with van der Waals surface area (Å²) in [4.78, 5) is 0. The van der Waals surface area contributed by atoms with Gasteiger partial charge in [0.15, 0.2) is 0 Å². The molecule has 0 aliphatic rings. The molecule has 120 valence electrons. The maximum Gasteiger partial charge on any atom is 0.411 e. The molecule has 0 amide bonds. The van der Waals surface area contributed by atoms with Crippen molar-refractivity contribution in [3.05, 3.63) is 29.8 Å². The van der Waals surface area contributed by atoms with E-state index in [1.165, 1.54) is 0 Å². The van der Waals surface area contributed by atoms with Gasteiger partial charge < -0.3 is 14.8 Å². The summed E-state index contributed by atoms with van der Waals surface area (Å²) in [5.41, 5.74) is 0.990. The van der Waals surface area contributed by atoms with Crippen LogP contribution in [0.1, 0.15) is 31.9 Å². The second-order valence-electron chi connectivity index (χ2n) is 5.03. The quantitative estimate of drug-likeness (QED) is 0.743. The van der Waals surface area contributed by atoms with Crippen LogP contribution in [0.25, 0.3) is 0 Å². The molecule has 1 rings (SSSR count). The van der Waals surface area contributed by atoms with Crippen molar-refractivity contribution >= 4 is 0 Å². The zero-order valence-electron chi connectivity index (χ0n) is 12.5. The Hall–Kier alpha value is -1.27. The summed E-state index contributed by atoms with van der Waals surface area (Å²) in [6.45, 7) is 2.74. The Balaban J connectivity index is 2.48. The molecule has 1 atom stereocenters. The molecular weight excluding hydrogens is 283 g/mol. The fraction of sp³-hybridized carbons (Fsp3) is 0.600. The van der Waals surface area contributed by atoms with Gasteiger partial charge in [0.1, 0.15) is 12.4 Å². The first-order chi connectivity index (χ1) is 9.81. The Morgan fingerprint density at radius 3 is 2.24 bits per heavy atom. The van der Waals surface area contributed by atoms with E-state index >= 15 is 0 Å². The molecule has 6 heteroatoms. The van der Waals surface area contributed by atoms with E-state index in [4.69, 9.17) is 4.74 Å². The monoisotopic (exact) mass is 305 g/mol. The summed E-state index contributed by atoms with van der Waals surface area (Å²) < 4.78 is 46.1.